The summed E-state index contributed by atoms with van der Waals surface area (Å²) in [7, 11) is 0. The highest BCUT2D eigenvalue weighted by atomic mass is 79.9. The molecule has 0 saturated carbocycles. The number of aryl methyl sites for hydroxylation is 2. The normalized spacial score (nSPS) is 10.0. The number of aromatic nitrogens is 2. The molecule has 0 saturated heterocycles. The first-order chi connectivity index (χ1) is 6.16. The van der Waals surface area contributed by atoms with Crippen LogP contribution in [0.5, 0.6) is 0 Å². The third kappa shape index (κ3) is 2.35. The van der Waals surface area contributed by atoms with Gasteiger partial charge < -0.3 is 0 Å². The smallest absolute Gasteiger partial charge is 0.0738 e. The van der Waals surface area contributed by atoms with Crippen molar-refractivity contribution in [1.82, 2.24) is 9.78 Å². The number of terminal acetylenes is 1. The number of hydrogen-bond donors (Lipinski definition) is 0. The van der Waals surface area contributed by atoms with Crippen molar-refractivity contribution in [3.63, 3.8) is 0 Å². The van der Waals surface area contributed by atoms with Crippen LogP contribution in [0, 0.1) is 26.2 Å². The Morgan fingerprint density at radius 1 is 1.54 bits per heavy atom. The molecule has 0 atom stereocenters. The van der Waals surface area contributed by atoms with Crippen LogP contribution in [0.2, 0.25) is 0 Å². The van der Waals surface area contributed by atoms with E-state index >= 15 is 0 Å². The van der Waals surface area contributed by atoms with E-state index in [1.165, 1.54) is 5.69 Å². The van der Waals surface area contributed by atoms with Gasteiger partial charge in [-0.25, -0.2) is 0 Å². The zero-order valence-electron chi connectivity index (χ0n) is 7.97. The van der Waals surface area contributed by atoms with Gasteiger partial charge in [-0.2, -0.15) is 5.10 Å². The summed E-state index contributed by atoms with van der Waals surface area (Å²) in [5.41, 5.74) is 2.22. The minimum Gasteiger partial charge on any atom is -0.268 e. The highest BCUT2D eigenvalue weighted by molar-refractivity contribution is 9.10. The van der Waals surface area contributed by atoms with Gasteiger partial charge in [-0.05, 0) is 36.2 Å². The lowest BCUT2D eigenvalue weighted by molar-refractivity contribution is 0.569. The summed E-state index contributed by atoms with van der Waals surface area (Å²) in [5, 5.41) is 4.38. The van der Waals surface area contributed by atoms with Crippen LogP contribution in [0.3, 0.4) is 0 Å². The van der Waals surface area contributed by atoms with Gasteiger partial charge in [0.05, 0.1) is 10.2 Å². The fourth-order valence-corrected chi connectivity index (χ4v) is 1.51. The Morgan fingerprint density at radius 3 is 2.69 bits per heavy atom. The molecule has 0 amide bonds. The van der Waals surface area contributed by atoms with Crippen LogP contribution in [0.4, 0.5) is 0 Å². The van der Waals surface area contributed by atoms with Gasteiger partial charge >= 0.3 is 0 Å². The molecule has 0 spiro atoms. The Morgan fingerprint density at radius 2 is 2.23 bits per heavy atom. The lowest BCUT2D eigenvalue weighted by atomic mass is 10.3. The van der Waals surface area contributed by atoms with Crippen LogP contribution in [-0.2, 0) is 6.54 Å². The van der Waals surface area contributed by atoms with E-state index in [0.717, 1.165) is 29.6 Å². The predicted molar refractivity (Wildman–Crippen MR) is 57.5 cm³/mol. The fraction of sp³-hybridized carbons (Fsp3) is 0.500. The molecule has 1 aromatic heterocycles. The molecule has 0 aliphatic heterocycles. The van der Waals surface area contributed by atoms with Gasteiger partial charge in [0, 0.05) is 18.7 Å². The van der Waals surface area contributed by atoms with Crippen LogP contribution in [0.1, 0.15) is 24.2 Å². The van der Waals surface area contributed by atoms with Gasteiger partial charge in [0.1, 0.15) is 0 Å². The predicted octanol–water partition coefficient (Wildman–Crippen LogP) is 2.68. The van der Waals surface area contributed by atoms with E-state index in [1.807, 2.05) is 11.6 Å². The molecule has 0 fully saturated rings. The third-order valence-electron chi connectivity index (χ3n) is 1.98. The maximum Gasteiger partial charge on any atom is 0.0738 e. The monoisotopic (exact) mass is 240 g/mol. The molecule has 0 aromatic carbocycles. The Bertz CT molecular complexity index is 333. The van der Waals surface area contributed by atoms with E-state index in [1.54, 1.807) is 0 Å². The first-order valence-electron chi connectivity index (χ1n) is 4.29. The number of hydrogen-bond acceptors (Lipinski definition) is 1. The van der Waals surface area contributed by atoms with Gasteiger partial charge in [0.2, 0.25) is 0 Å². The average Bonchev–Trinajstić information content (AvgIpc) is 2.34. The highest BCUT2D eigenvalue weighted by Gasteiger charge is 2.07. The number of nitrogens with zero attached hydrogens (tertiary/aromatic N) is 2. The molecule has 70 valence electrons. The Hall–Kier alpha value is -0.750. The van der Waals surface area contributed by atoms with Crippen LogP contribution < -0.4 is 0 Å². The van der Waals surface area contributed by atoms with Gasteiger partial charge in [0.25, 0.3) is 0 Å². The molecule has 2 nitrogen and oxygen atoms in total. The highest BCUT2D eigenvalue weighted by Crippen LogP contribution is 2.19. The second-order valence-corrected chi connectivity index (χ2v) is 3.81. The van der Waals surface area contributed by atoms with Crippen LogP contribution in [0.25, 0.3) is 0 Å². The summed E-state index contributed by atoms with van der Waals surface area (Å²) in [6.07, 6.45) is 6.98. The SMILES string of the molecule is C#CCCCn1nc(C)c(Br)c1C. The van der Waals surface area contributed by atoms with Crippen molar-refractivity contribution in [1.29, 1.82) is 0 Å². The quantitative estimate of drug-likeness (QED) is 0.587. The number of halogens is 1. The molecule has 1 aromatic rings. The third-order valence-corrected chi connectivity index (χ3v) is 3.13. The zero-order chi connectivity index (χ0) is 9.84. The summed E-state index contributed by atoms with van der Waals surface area (Å²) in [6, 6.07) is 0. The van der Waals surface area contributed by atoms with E-state index in [2.05, 4.69) is 33.9 Å². The van der Waals surface area contributed by atoms with E-state index in [0.29, 0.717) is 0 Å². The molecule has 13 heavy (non-hydrogen) atoms. The van der Waals surface area contributed by atoms with Crippen molar-refractivity contribution in [2.45, 2.75) is 33.2 Å². The molecule has 0 radical (unpaired) electrons. The second kappa shape index (κ2) is 4.48. The van der Waals surface area contributed by atoms with Gasteiger partial charge in [-0.1, -0.05) is 0 Å². The van der Waals surface area contributed by atoms with Crippen molar-refractivity contribution >= 4 is 15.9 Å². The van der Waals surface area contributed by atoms with Gasteiger partial charge in [-0.3, -0.25) is 4.68 Å². The average molecular weight is 241 g/mol. The lowest BCUT2D eigenvalue weighted by Crippen LogP contribution is -2.02. The minimum absolute atomic E-state index is 0.815. The van der Waals surface area contributed by atoms with Crippen molar-refractivity contribution in [3.8, 4) is 12.3 Å². The van der Waals surface area contributed by atoms with E-state index in [9.17, 15) is 0 Å². The van der Waals surface area contributed by atoms with Crippen LogP contribution in [-0.4, -0.2) is 9.78 Å². The molecule has 0 unspecified atom stereocenters. The van der Waals surface area contributed by atoms with E-state index in [-0.39, 0.29) is 0 Å². The van der Waals surface area contributed by atoms with Crippen molar-refractivity contribution in [2.24, 2.45) is 0 Å². The number of rotatable bonds is 3. The summed E-state index contributed by atoms with van der Waals surface area (Å²) in [6.45, 7) is 4.96. The molecular formula is C10H13BrN2. The molecule has 1 heterocycles. The molecule has 0 aliphatic rings. The molecule has 0 aliphatic carbocycles. The zero-order valence-corrected chi connectivity index (χ0v) is 9.56. The van der Waals surface area contributed by atoms with Crippen LogP contribution >= 0.6 is 15.9 Å². The largest absolute Gasteiger partial charge is 0.268 e. The first kappa shape index (κ1) is 10.3. The van der Waals surface area contributed by atoms with Crippen molar-refractivity contribution in [3.05, 3.63) is 15.9 Å². The van der Waals surface area contributed by atoms with E-state index < -0.39 is 0 Å². The summed E-state index contributed by atoms with van der Waals surface area (Å²) in [5.74, 6) is 2.63. The Balaban J connectivity index is 2.68. The Labute approximate surface area is 87.5 Å². The molecule has 0 bridgehead atoms. The van der Waals surface area contributed by atoms with Crippen molar-refractivity contribution in [2.75, 3.05) is 0 Å². The van der Waals surface area contributed by atoms with Crippen LogP contribution in [0.15, 0.2) is 4.47 Å². The maximum absolute atomic E-state index is 5.18. The number of unbranched alkanes of at least 4 members (excludes halogenated alkanes) is 1. The lowest BCUT2D eigenvalue weighted by Gasteiger charge is -2.01. The first-order valence-corrected chi connectivity index (χ1v) is 5.09. The standard InChI is InChI=1S/C10H13BrN2/c1-4-5-6-7-13-9(3)10(11)8(2)12-13/h1H,5-7H2,2-3H3. The van der Waals surface area contributed by atoms with E-state index in [4.69, 9.17) is 6.42 Å². The maximum atomic E-state index is 5.18. The summed E-state index contributed by atoms with van der Waals surface area (Å²) < 4.78 is 3.10. The Kier molecular flexibility index (Phi) is 3.56. The molecule has 3 heteroatoms. The second-order valence-electron chi connectivity index (χ2n) is 3.02. The summed E-state index contributed by atoms with van der Waals surface area (Å²) >= 11 is 3.49. The fourth-order valence-electron chi connectivity index (χ4n) is 1.22. The molecular weight excluding hydrogens is 228 g/mol. The minimum atomic E-state index is 0.815. The van der Waals surface area contributed by atoms with Gasteiger partial charge in [0.15, 0.2) is 0 Å². The molecule has 0 N–H and O–H groups in total. The topological polar surface area (TPSA) is 17.8 Å². The molecule has 1 rings (SSSR count). The summed E-state index contributed by atoms with van der Waals surface area (Å²) in [4.78, 5) is 0. The van der Waals surface area contributed by atoms with Crippen molar-refractivity contribution < 1.29 is 0 Å². The van der Waals surface area contributed by atoms with Gasteiger partial charge in [-0.15, -0.1) is 12.3 Å².